The van der Waals surface area contributed by atoms with E-state index in [1.54, 1.807) is 4.68 Å². The molecule has 0 bridgehead atoms. The van der Waals surface area contributed by atoms with Gasteiger partial charge in [-0.05, 0) is 32.9 Å². The SMILES string of the molecule is Cc1ccc(-n2nnc(CC(=O)N3CCNC[C@@H]3C)c2C)cc1. The van der Waals surface area contributed by atoms with Gasteiger partial charge in [0.05, 0.1) is 23.5 Å². The van der Waals surface area contributed by atoms with Crippen molar-refractivity contribution in [3.63, 3.8) is 0 Å². The molecule has 6 nitrogen and oxygen atoms in total. The third-order valence-electron chi connectivity index (χ3n) is 4.41. The van der Waals surface area contributed by atoms with Crippen molar-refractivity contribution in [3.8, 4) is 5.69 Å². The first-order chi connectivity index (χ1) is 11.1. The molecule has 1 aromatic heterocycles. The molecule has 0 radical (unpaired) electrons. The first-order valence-electron chi connectivity index (χ1n) is 8.04. The Morgan fingerprint density at radius 1 is 1.30 bits per heavy atom. The molecule has 6 heteroatoms. The molecule has 2 heterocycles. The molecule has 1 saturated heterocycles. The largest absolute Gasteiger partial charge is 0.337 e. The van der Waals surface area contributed by atoms with E-state index < -0.39 is 0 Å². The Kier molecular flexibility index (Phi) is 4.43. The highest BCUT2D eigenvalue weighted by molar-refractivity contribution is 5.79. The average Bonchev–Trinajstić information content (AvgIpc) is 2.89. The zero-order chi connectivity index (χ0) is 16.4. The fourth-order valence-electron chi connectivity index (χ4n) is 2.91. The van der Waals surface area contributed by atoms with Crippen molar-refractivity contribution >= 4 is 5.91 Å². The van der Waals surface area contributed by atoms with E-state index in [1.165, 1.54) is 5.56 Å². The Morgan fingerprint density at radius 2 is 2.04 bits per heavy atom. The van der Waals surface area contributed by atoms with E-state index in [0.717, 1.165) is 36.7 Å². The number of aryl methyl sites for hydroxylation is 1. The summed E-state index contributed by atoms with van der Waals surface area (Å²) in [6.07, 6.45) is 0.308. The number of amides is 1. The van der Waals surface area contributed by atoms with E-state index >= 15 is 0 Å². The minimum absolute atomic E-state index is 0.123. The van der Waals surface area contributed by atoms with Gasteiger partial charge < -0.3 is 10.2 Å². The van der Waals surface area contributed by atoms with E-state index in [9.17, 15) is 4.79 Å². The molecule has 1 aliphatic heterocycles. The molecule has 122 valence electrons. The summed E-state index contributed by atoms with van der Waals surface area (Å²) >= 11 is 0. The van der Waals surface area contributed by atoms with Gasteiger partial charge in [0.1, 0.15) is 0 Å². The Balaban J connectivity index is 1.76. The lowest BCUT2D eigenvalue weighted by Crippen LogP contribution is -2.52. The summed E-state index contributed by atoms with van der Waals surface area (Å²) in [4.78, 5) is 14.5. The molecular weight excluding hydrogens is 290 g/mol. The van der Waals surface area contributed by atoms with E-state index in [4.69, 9.17) is 0 Å². The number of benzene rings is 1. The lowest BCUT2D eigenvalue weighted by molar-refractivity contribution is -0.133. The minimum Gasteiger partial charge on any atom is -0.337 e. The fourth-order valence-corrected chi connectivity index (χ4v) is 2.91. The molecule has 0 unspecified atom stereocenters. The van der Waals surface area contributed by atoms with Crippen LogP contribution in [0.2, 0.25) is 0 Å². The van der Waals surface area contributed by atoms with Gasteiger partial charge in [0.2, 0.25) is 5.91 Å². The molecule has 2 aromatic rings. The van der Waals surface area contributed by atoms with Gasteiger partial charge in [0, 0.05) is 25.7 Å². The maximum atomic E-state index is 12.5. The van der Waals surface area contributed by atoms with Crippen molar-refractivity contribution < 1.29 is 4.79 Å². The van der Waals surface area contributed by atoms with Crippen LogP contribution in [0.1, 0.15) is 23.9 Å². The van der Waals surface area contributed by atoms with E-state index in [0.29, 0.717) is 6.42 Å². The van der Waals surface area contributed by atoms with Gasteiger partial charge >= 0.3 is 0 Å². The smallest absolute Gasteiger partial charge is 0.229 e. The van der Waals surface area contributed by atoms with Crippen LogP contribution in [0, 0.1) is 13.8 Å². The molecule has 23 heavy (non-hydrogen) atoms. The predicted molar refractivity (Wildman–Crippen MR) is 88.6 cm³/mol. The van der Waals surface area contributed by atoms with Crippen LogP contribution < -0.4 is 5.32 Å². The summed E-state index contributed by atoms with van der Waals surface area (Å²) in [6.45, 7) is 8.54. The van der Waals surface area contributed by atoms with Crippen LogP contribution in [0.25, 0.3) is 5.69 Å². The molecule has 0 saturated carbocycles. The molecule has 1 N–H and O–H groups in total. The van der Waals surface area contributed by atoms with Crippen molar-refractivity contribution in [3.05, 3.63) is 41.2 Å². The van der Waals surface area contributed by atoms with Crippen molar-refractivity contribution in [2.75, 3.05) is 19.6 Å². The van der Waals surface area contributed by atoms with Gasteiger partial charge in [0.15, 0.2) is 0 Å². The highest BCUT2D eigenvalue weighted by Crippen LogP contribution is 2.15. The molecule has 1 fully saturated rings. The number of carbonyl (C=O) groups is 1. The molecule has 0 aliphatic carbocycles. The fraction of sp³-hybridized carbons (Fsp3) is 0.471. The summed E-state index contributed by atoms with van der Waals surface area (Å²) in [5.74, 6) is 0.123. The van der Waals surface area contributed by atoms with Crippen LogP contribution in [0.3, 0.4) is 0 Å². The number of piperazine rings is 1. The maximum Gasteiger partial charge on any atom is 0.229 e. The first kappa shape index (κ1) is 15.7. The van der Waals surface area contributed by atoms with Crippen LogP contribution in [0.4, 0.5) is 0 Å². The molecule has 1 amide bonds. The van der Waals surface area contributed by atoms with Gasteiger partial charge in [-0.25, -0.2) is 4.68 Å². The second-order valence-electron chi connectivity index (χ2n) is 6.19. The van der Waals surface area contributed by atoms with Gasteiger partial charge in [-0.2, -0.15) is 0 Å². The Hall–Kier alpha value is -2.21. The number of nitrogens with zero attached hydrogens (tertiary/aromatic N) is 4. The van der Waals surface area contributed by atoms with Crippen molar-refractivity contribution in [1.29, 1.82) is 0 Å². The zero-order valence-electron chi connectivity index (χ0n) is 13.9. The maximum absolute atomic E-state index is 12.5. The second kappa shape index (κ2) is 6.50. The highest BCUT2D eigenvalue weighted by Gasteiger charge is 2.24. The van der Waals surface area contributed by atoms with E-state index in [1.807, 2.05) is 36.1 Å². The number of hydrogen-bond donors (Lipinski definition) is 1. The molecule has 0 spiro atoms. The van der Waals surface area contributed by atoms with Gasteiger partial charge in [0.25, 0.3) is 0 Å². The Morgan fingerprint density at radius 3 is 2.74 bits per heavy atom. The third-order valence-corrected chi connectivity index (χ3v) is 4.41. The predicted octanol–water partition coefficient (Wildman–Crippen LogP) is 1.25. The van der Waals surface area contributed by atoms with Crippen molar-refractivity contribution in [1.82, 2.24) is 25.2 Å². The number of carbonyl (C=O) groups excluding carboxylic acids is 1. The van der Waals surface area contributed by atoms with Gasteiger partial charge in [-0.15, -0.1) is 5.10 Å². The summed E-state index contributed by atoms with van der Waals surface area (Å²) in [7, 11) is 0. The molecule has 3 rings (SSSR count). The number of nitrogens with one attached hydrogen (secondary N) is 1. The molecule has 1 aromatic carbocycles. The average molecular weight is 313 g/mol. The standard InChI is InChI=1S/C17H23N5O/c1-12-4-6-15(7-5-12)22-14(3)16(19-20-22)10-17(23)21-9-8-18-11-13(21)2/h4-7,13,18H,8-11H2,1-3H3/t13-/m0/s1. The Labute approximate surface area is 136 Å². The van der Waals surface area contributed by atoms with Crippen molar-refractivity contribution in [2.24, 2.45) is 0 Å². The minimum atomic E-state index is 0.123. The van der Waals surface area contributed by atoms with Crippen LogP contribution in [-0.2, 0) is 11.2 Å². The van der Waals surface area contributed by atoms with E-state index in [-0.39, 0.29) is 11.9 Å². The zero-order valence-corrected chi connectivity index (χ0v) is 13.9. The quantitative estimate of drug-likeness (QED) is 0.926. The van der Waals surface area contributed by atoms with Crippen LogP contribution in [-0.4, -0.2) is 51.5 Å². The summed E-state index contributed by atoms with van der Waals surface area (Å²) in [6, 6.07) is 8.35. The number of rotatable bonds is 3. The molecule has 1 atom stereocenters. The lowest BCUT2D eigenvalue weighted by Gasteiger charge is -2.33. The van der Waals surface area contributed by atoms with Crippen LogP contribution >= 0.6 is 0 Å². The normalized spacial score (nSPS) is 18.2. The topological polar surface area (TPSA) is 63.1 Å². The summed E-state index contributed by atoms with van der Waals surface area (Å²) in [5.41, 5.74) is 3.84. The monoisotopic (exact) mass is 313 g/mol. The molecule has 1 aliphatic rings. The summed E-state index contributed by atoms with van der Waals surface area (Å²) < 4.78 is 1.79. The first-order valence-corrected chi connectivity index (χ1v) is 8.04. The second-order valence-corrected chi connectivity index (χ2v) is 6.19. The lowest BCUT2D eigenvalue weighted by atomic mass is 10.1. The molecular formula is C17H23N5O. The van der Waals surface area contributed by atoms with Gasteiger partial charge in [-0.1, -0.05) is 22.9 Å². The van der Waals surface area contributed by atoms with E-state index in [2.05, 4.69) is 29.5 Å². The highest BCUT2D eigenvalue weighted by atomic mass is 16.2. The van der Waals surface area contributed by atoms with Crippen LogP contribution in [0.15, 0.2) is 24.3 Å². The van der Waals surface area contributed by atoms with Gasteiger partial charge in [-0.3, -0.25) is 4.79 Å². The van der Waals surface area contributed by atoms with Crippen molar-refractivity contribution in [2.45, 2.75) is 33.2 Å². The number of aromatic nitrogens is 3. The van der Waals surface area contributed by atoms with Crippen LogP contribution in [0.5, 0.6) is 0 Å². The summed E-state index contributed by atoms with van der Waals surface area (Å²) in [5, 5.41) is 11.7. The third kappa shape index (κ3) is 3.27. The Bertz CT molecular complexity index is 692. The number of hydrogen-bond acceptors (Lipinski definition) is 4.